The average Bonchev–Trinajstić information content (AvgIpc) is 2.97. The van der Waals surface area contributed by atoms with Crippen LogP contribution >= 0.6 is 11.6 Å². The zero-order valence-electron chi connectivity index (χ0n) is 15.9. The van der Waals surface area contributed by atoms with Gasteiger partial charge in [0.15, 0.2) is 0 Å². The fourth-order valence-electron chi connectivity index (χ4n) is 2.95. The van der Waals surface area contributed by atoms with Gasteiger partial charge in [0, 0.05) is 17.6 Å². The summed E-state index contributed by atoms with van der Waals surface area (Å²) in [5.74, 6) is -0.358. The zero-order chi connectivity index (χ0) is 21.3. The molecule has 3 rings (SSSR count). The molecule has 29 heavy (non-hydrogen) atoms. The Morgan fingerprint density at radius 2 is 1.90 bits per heavy atom. The Bertz CT molecular complexity index is 1090. The van der Waals surface area contributed by atoms with E-state index in [1.807, 2.05) is 19.9 Å². The lowest BCUT2D eigenvalue weighted by Gasteiger charge is -2.19. The first-order valence-electron chi connectivity index (χ1n) is 8.70. The highest BCUT2D eigenvalue weighted by Gasteiger charge is 2.34. The zero-order valence-corrected chi connectivity index (χ0v) is 16.6. The molecule has 0 aliphatic rings. The molecule has 154 valence electrons. The first-order chi connectivity index (χ1) is 13.6. The summed E-state index contributed by atoms with van der Waals surface area (Å²) in [6.07, 6.45) is -4.60. The van der Waals surface area contributed by atoms with Crippen LogP contribution in [0.3, 0.4) is 0 Å². The topological polar surface area (TPSA) is 61.9 Å². The number of rotatable bonds is 5. The van der Waals surface area contributed by atoms with Gasteiger partial charge in [-0.25, -0.2) is 4.79 Å². The van der Waals surface area contributed by atoms with Gasteiger partial charge in [-0.2, -0.15) is 22.5 Å². The first-order valence-corrected chi connectivity index (χ1v) is 9.08. The molecule has 0 bridgehead atoms. The summed E-state index contributed by atoms with van der Waals surface area (Å²) in [5.41, 5.74) is 0.340. The van der Waals surface area contributed by atoms with E-state index in [0.29, 0.717) is 11.3 Å². The van der Waals surface area contributed by atoms with Gasteiger partial charge in [0.1, 0.15) is 12.4 Å². The van der Waals surface area contributed by atoms with Crippen LogP contribution < -0.4 is 10.4 Å². The van der Waals surface area contributed by atoms with Crippen molar-refractivity contribution in [2.45, 2.75) is 32.5 Å². The number of benzene rings is 2. The standard InChI is InChI=1S/C19H18ClF3N4O2/c1-11(2)13-5-4-6-16(27-18(28)26(3)24-25-27)14(13)10-29-17-9-12(20)7-8-15(17)19(21,22)23/h4-9,11H,10H2,1-3H3. The molecule has 0 saturated carbocycles. The van der Waals surface area contributed by atoms with Crippen molar-refractivity contribution >= 4 is 11.6 Å². The SMILES string of the molecule is CC(C)c1cccc(-n2nnn(C)c2=O)c1COc1cc(Cl)ccc1C(F)(F)F. The van der Waals surface area contributed by atoms with E-state index in [0.717, 1.165) is 33.1 Å². The van der Waals surface area contributed by atoms with E-state index >= 15 is 0 Å². The predicted octanol–water partition coefficient (Wildman–Crippen LogP) is 4.34. The number of aromatic nitrogens is 4. The van der Waals surface area contributed by atoms with Crippen molar-refractivity contribution < 1.29 is 17.9 Å². The number of aryl methyl sites for hydroxylation is 1. The quantitative estimate of drug-likeness (QED) is 0.609. The lowest BCUT2D eigenvalue weighted by Crippen LogP contribution is -2.23. The Labute approximate surface area is 169 Å². The Hall–Kier alpha value is -2.81. The maximum absolute atomic E-state index is 13.3. The molecular weight excluding hydrogens is 409 g/mol. The number of ether oxygens (including phenoxy) is 1. The van der Waals surface area contributed by atoms with Crippen LogP contribution in [-0.4, -0.2) is 19.8 Å². The van der Waals surface area contributed by atoms with Crippen molar-refractivity contribution in [3.8, 4) is 11.4 Å². The highest BCUT2D eigenvalue weighted by Crippen LogP contribution is 2.38. The maximum Gasteiger partial charge on any atom is 0.419 e. The molecule has 0 N–H and O–H groups in total. The third-order valence-corrected chi connectivity index (χ3v) is 4.62. The smallest absolute Gasteiger partial charge is 0.419 e. The summed E-state index contributed by atoms with van der Waals surface area (Å²) in [6, 6.07) is 8.37. The number of hydrogen-bond acceptors (Lipinski definition) is 4. The lowest BCUT2D eigenvalue weighted by molar-refractivity contribution is -0.139. The molecule has 0 saturated heterocycles. The van der Waals surface area contributed by atoms with Crippen molar-refractivity contribution in [1.29, 1.82) is 0 Å². The van der Waals surface area contributed by atoms with E-state index in [4.69, 9.17) is 16.3 Å². The predicted molar refractivity (Wildman–Crippen MR) is 101 cm³/mol. The van der Waals surface area contributed by atoms with Gasteiger partial charge < -0.3 is 4.74 Å². The molecule has 2 aromatic carbocycles. The van der Waals surface area contributed by atoms with Crippen LogP contribution in [-0.2, 0) is 19.8 Å². The van der Waals surface area contributed by atoms with Crippen molar-refractivity contribution in [2.75, 3.05) is 0 Å². The summed E-state index contributed by atoms with van der Waals surface area (Å²) in [4.78, 5) is 12.3. The van der Waals surface area contributed by atoms with Crippen molar-refractivity contribution in [3.05, 3.63) is 68.6 Å². The van der Waals surface area contributed by atoms with Crippen LogP contribution in [0.2, 0.25) is 5.02 Å². The highest BCUT2D eigenvalue weighted by molar-refractivity contribution is 6.30. The molecule has 10 heteroatoms. The third kappa shape index (κ3) is 4.29. The first kappa shape index (κ1) is 20.9. The minimum atomic E-state index is -4.60. The molecular formula is C19H18ClF3N4O2. The molecule has 1 heterocycles. The molecule has 6 nitrogen and oxygen atoms in total. The molecule has 0 aliphatic carbocycles. The number of halogens is 4. The molecule has 0 fully saturated rings. The second-order valence-corrected chi connectivity index (χ2v) is 7.16. The van der Waals surface area contributed by atoms with Crippen molar-refractivity contribution in [3.63, 3.8) is 0 Å². The minimum Gasteiger partial charge on any atom is -0.488 e. The summed E-state index contributed by atoms with van der Waals surface area (Å²) in [5, 5.41) is 7.65. The van der Waals surface area contributed by atoms with E-state index in [-0.39, 0.29) is 23.3 Å². The Morgan fingerprint density at radius 1 is 1.17 bits per heavy atom. The summed E-state index contributed by atoms with van der Waals surface area (Å²) in [6.45, 7) is 3.65. The number of hydrogen-bond donors (Lipinski definition) is 0. The van der Waals surface area contributed by atoms with Crippen molar-refractivity contribution in [2.24, 2.45) is 7.05 Å². The van der Waals surface area contributed by atoms with Crippen LogP contribution in [0.4, 0.5) is 13.2 Å². The van der Waals surface area contributed by atoms with Crippen LogP contribution in [0.5, 0.6) is 5.75 Å². The summed E-state index contributed by atoms with van der Waals surface area (Å²) in [7, 11) is 1.45. The molecule has 0 unspecified atom stereocenters. The fraction of sp³-hybridized carbons (Fsp3) is 0.316. The average molecular weight is 427 g/mol. The molecule has 3 aromatic rings. The molecule has 0 aliphatic heterocycles. The second kappa shape index (κ2) is 7.90. The summed E-state index contributed by atoms with van der Waals surface area (Å²) >= 11 is 5.87. The normalized spacial score (nSPS) is 11.9. The molecule has 0 atom stereocenters. The van der Waals surface area contributed by atoms with E-state index in [1.54, 1.807) is 12.1 Å². The Morgan fingerprint density at radius 3 is 2.48 bits per heavy atom. The number of nitrogens with zero attached hydrogens (tertiary/aromatic N) is 4. The van der Waals surface area contributed by atoms with Crippen LogP contribution in [0, 0.1) is 0 Å². The van der Waals surface area contributed by atoms with Gasteiger partial charge in [0.05, 0.1) is 11.3 Å². The molecule has 1 aromatic heterocycles. The minimum absolute atomic E-state index is 0.0300. The van der Waals surface area contributed by atoms with Gasteiger partial charge in [0.2, 0.25) is 0 Å². The molecule has 0 spiro atoms. The summed E-state index contributed by atoms with van der Waals surface area (Å²) < 4.78 is 47.7. The van der Waals surface area contributed by atoms with Gasteiger partial charge >= 0.3 is 11.9 Å². The Kier molecular flexibility index (Phi) is 5.70. The van der Waals surface area contributed by atoms with Crippen LogP contribution in [0.25, 0.3) is 5.69 Å². The number of alkyl halides is 3. The molecule has 0 amide bonds. The van der Waals surface area contributed by atoms with Gasteiger partial charge in [-0.05, 0) is 46.2 Å². The number of tetrazole rings is 1. The van der Waals surface area contributed by atoms with Gasteiger partial charge in [-0.1, -0.05) is 37.6 Å². The van der Waals surface area contributed by atoms with Gasteiger partial charge in [-0.15, -0.1) is 0 Å². The van der Waals surface area contributed by atoms with E-state index in [9.17, 15) is 18.0 Å². The van der Waals surface area contributed by atoms with Crippen LogP contribution in [0.15, 0.2) is 41.2 Å². The molecule has 0 radical (unpaired) electrons. The lowest BCUT2D eigenvalue weighted by atomic mass is 9.96. The van der Waals surface area contributed by atoms with E-state index in [2.05, 4.69) is 10.4 Å². The maximum atomic E-state index is 13.3. The van der Waals surface area contributed by atoms with Gasteiger partial charge in [0.25, 0.3) is 0 Å². The Balaban J connectivity index is 2.07. The van der Waals surface area contributed by atoms with E-state index in [1.165, 1.54) is 7.05 Å². The second-order valence-electron chi connectivity index (χ2n) is 6.72. The largest absolute Gasteiger partial charge is 0.488 e. The monoisotopic (exact) mass is 426 g/mol. The highest BCUT2D eigenvalue weighted by atomic mass is 35.5. The van der Waals surface area contributed by atoms with Crippen molar-refractivity contribution in [1.82, 2.24) is 19.8 Å². The van der Waals surface area contributed by atoms with E-state index < -0.39 is 17.4 Å². The fourth-order valence-corrected chi connectivity index (χ4v) is 3.12. The third-order valence-electron chi connectivity index (χ3n) is 4.38. The van der Waals surface area contributed by atoms with Crippen LogP contribution in [0.1, 0.15) is 36.5 Å². The van der Waals surface area contributed by atoms with Gasteiger partial charge in [-0.3, -0.25) is 0 Å².